The van der Waals surface area contributed by atoms with E-state index >= 15 is 0 Å². The van der Waals surface area contributed by atoms with Gasteiger partial charge < -0.3 is 15.0 Å². The van der Waals surface area contributed by atoms with Crippen molar-refractivity contribution in [3.63, 3.8) is 0 Å². The molecule has 0 amide bonds. The lowest BCUT2D eigenvalue weighted by Gasteiger charge is -2.31. The van der Waals surface area contributed by atoms with Gasteiger partial charge in [0.2, 0.25) is 5.95 Å². The van der Waals surface area contributed by atoms with Crippen molar-refractivity contribution in [2.75, 3.05) is 29.9 Å². The van der Waals surface area contributed by atoms with E-state index in [1.54, 1.807) is 6.92 Å². The van der Waals surface area contributed by atoms with Gasteiger partial charge in [-0.2, -0.15) is 4.98 Å². The van der Waals surface area contributed by atoms with Crippen molar-refractivity contribution in [2.24, 2.45) is 5.92 Å². The number of carbonyl (C=O) groups excluding carboxylic acids is 1. The van der Waals surface area contributed by atoms with E-state index in [1.165, 1.54) is 6.07 Å². The highest BCUT2D eigenvalue weighted by atomic mass is 32.1. The molecular weight excluding hydrogens is 418 g/mol. The average Bonchev–Trinajstić information content (AvgIpc) is 3.23. The van der Waals surface area contributed by atoms with Crippen molar-refractivity contribution in [1.29, 1.82) is 0 Å². The Morgan fingerprint density at radius 2 is 2.03 bits per heavy atom. The van der Waals surface area contributed by atoms with E-state index < -0.39 is 4.92 Å². The molecule has 0 aliphatic carbocycles. The molecule has 3 heterocycles. The molecule has 0 unspecified atom stereocenters. The lowest BCUT2D eigenvalue weighted by atomic mass is 9.97. The number of benzene rings is 1. The van der Waals surface area contributed by atoms with Crippen LogP contribution < -0.4 is 10.2 Å². The molecule has 162 valence electrons. The van der Waals surface area contributed by atoms with Gasteiger partial charge in [-0.1, -0.05) is 30.3 Å². The molecular formula is C21H23N5O4S. The smallest absolute Gasteiger partial charge is 0.326 e. The quantitative estimate of drug-likeness (QED) is 0.333. The molecule has 1 aliphatic heterocycles. The molecule has 3 aromatic rings. The second kappa shape index (κ2) is 9.25. The van der Waals surface area contributed by atoms with Crippen molar-refractivity contribution < 1.29 is 14.5 Å². The van der Waals surface area contributed by atoms with Gasteiger partial charge in [-0.15, -0.1) is 0 Å². The second-order valence-electron chi connectivity index (χ2n) is 7.29. The molecule has 0 atom stereocenters. The van der Waals surface area contributed by atoms with Gasteiger partial charge >= 0.3 is 11.0 Å². The SMILES string of the molecule is CCOC(=O)C1CCN(c2nc(NCc3ccccc3)c3cc([N+](=O)[O-])sc3n2)CC1. The van der Waals surface area contributed by atoms with E-state index in [1.807, 2.05) is 35.2 Å². The molecule has 4 rings (SSSR count). The zero-order valence-electron chi connectivity index (χ0n) is 17.1. The fourth-order valence-electron chi connectivity index (χ4n) is 3.62. The molecule has 1 aromatic carbocycles. The van der Waals surface area contributed by atoms with Crippen LogP contribution in [0.4, 0.5) is 16.8 Å². The topological polar surface area (TPSA) is 110 Å². The number of thiophene rings is 1. The summed E-state index contributed by atoms with van der Waals surface area (Å²) in [5.74, 6) is 0.818. The molecule has 31 heavy (non-hydrogen) atoms. The summed E-state index contributed by atoms with van der Waals surface area (Å²) < 4.78 is 5.14. The number of anilines is 2. The molecule has 0 bridgehead atoms. The Morgan fingerprint density at radius 1 is 1.29 bits per heavy atom. The van der Waals surface area contributed by atoms with Crippen LogP contribution in [0.25, 0.3) is 10.2 Å². The molecule has 1 saturated heterocycles. The summed E-state index contributed by atoms with van der Waals surface area (Å²) in [4.78, 5) is 34.8. The number of esters is 1. The van der Waals surface area contributed by atoms with E-state index in [2.05, 4.69) is 10.3 Å². The van der Waals surface area contributed by atoms with Gasteiger partial charge in [-0.3, -0.25) is 14.9 Å². The van der Waals surface area contributed by atoms with Crippen molar-refractivity contribution in [1.82, 2.24) is 9.97 Å². The minimum Gasteiger partial charge on any atom is -0.466 e. The number of ether oxygens (including phenoxy) is 1. The van der Waals surface area contributed by atoms with Crippen LogP contribution in [0.15, 0.2) is 36.4 Å². The van der Waals surface area contributed by atoms with Crippen molar-refractivity contribution in [3.8, 4) is 0 Å². The molecule has 2 aromatic heterocycles. The van der Waals surface area contributed by atoms with Crippen LogP contribution in [0.5, 0.6) is 0 Å². The maximum atomic E-state index is 12.0. The minimum atomic E-state index is -0.405. The predicted molar refractivity (Wildman–Crippen MR) is 119 cm³/mol. The van der Waals surface area contributed by atoms with E-state index in [0.29, 0.717) is 61.1 Å². The fraction of sp³-hybridized carbons (Fsp3) is 0.381. The first kappa shape index (κ1) is 21.0. The highest BCUT2D eigenvalue weighted by molar-refractivity contribution is 7.21. The second-order valence-corrected chi connectivity index (χ2v) is 8.29. The molecule has 0 saturated carbocycles. The van der Waals surface area contributed by atoms with Crippen LogP contribution in [-0.2, 0) is 16.1 Å². The summed E-state index contributed by atoms with van der Waals surface area (Å²) in [6.45, 7) is 3.98. The zero-order chi connectivity index (χ0) is 21.8. The van der Waals surface area contributed by atoms with Crippen molar-refractivity contribution >= 4 is 44.3 Å². The Morgan fingerprint density at radius 3 is 2.71 bits per heavy atom. The molecule has 9 nitrogen and oxygen atoms in total. The highest BCUT2D eigenvalue weighted by Gasteiger charge is 2.28. The van der Waals surface area contributed by atoms with E-state index in [0.717, 1.165) is 16.9 Å². The van der Waals surface area contributed by atoms with E-state index in [-0.39, 0.29) is 16.9 Å². The molecule has 10 heteroatoms. The largest absolute Gasteiger partial charge is 0.466 e. The number of hydrogen-bond acceptors (Lipinski definition) is 9. The third kappa shape index (κ3) is 4.74. The summed E-state index contributed by atoms with van der Waals surface area (Å²) >= 11 is 1.04. The Labute approximate surface area is 183 Å². The highest BCUT2D eigenvalue weighted by Crippen LogP contribution is 2.36. The number of carbonyl (C=O) groups is 1. The third-order valence-corrected chi connectivity index (χ3v) is 6.23. The molecule has 1 fully saturated rings. The van der Waals surface area contributed by atoms with Gasteiger partial charge in [0.1, 0.15) is 10.6 Å². The summed E-state index contributed by atoms with van der Waals surface area (Å²) in [6, 6.07) is 11.4. The number of nitrogens with one attached hydrogen (secondary N) is 1. The van der Waals surface area contributed by atoms with Crippen molar-refractivity contribution in [2.45, 2.75) is 26.3 Å². The Bertz CT molecular complexity index is 1080. The number of nitrogens with zero attached hydrogens (tertiary/aromatic N) is 4. The monoisotopic (exact) mass is 441 g/mol. The molecule has 0 radical (unpaired) electrons. The lowest BCUT2D eigenvalue weighted by Crippen LogP contribution is -2.38. The van der Waals surface area contributed by atoms with Gasteiger partial charge in [-0.05, 0) is 36.7 Å². The summed E-state index contributed by atoms with van der Waals surface area (Å²) in [7, 11) is 0. The number of fused-ring (bicyclic) bond motifs is 1. The van der Waals surface area contributed by atoms with Crippen LogP contribution in [0.3, 0.4) is 0 Å². The maximum absolute atomic E-state index is 12.0. The number of piperidine rings is 1. The number of rotatable bonds is 7. The average molecular weight is 442 g/mol. The summed E-state index contributed by atoms with van der Waals surface area (Å²) in [6.07, 6.45) is 1.33. The molecule has 1 aliphatic rings. The minimum absolute atomic E-state index is 0.0326. The Hall–Kier alpha value is -3.27. The normalized spacial score (nSPS) is 14.5. The van der Waals surface area contributed by atoms with E-state index in [4.69, 9.17) is 9.72 Å². The maximum Gasteiger partial charge on any atom is 0.326 e. The van der Waals surface area contributed by atoms with Crippen LogP contribution in [0, 0.1) is 16.0 Å². The first-order chi connectivity index (χ1) is 15.0. The number of hydrogen-bond donors (Lipinski definition) is 1. The predicted octanol–water partition coefficient (Wildman–Crippen LogP) is 3.99. The first-order valence-electron chi connectivity index (χ1n) is 10.2. The number of aromatic nitrogens is 2. The molecule has 1 N–H and O–H groups in total. The van der Waals surface area contributed by atoms with Gasteiger partial charge in [0, 0.05) is 25.7 Å². The van der Waals surface area contributed by atoms with Crippen LogP contribution in [-0.4, -0.2) is 40.6 Å². The Kier molecular flexibility index (Phi) is 6.26. The van der Waals surface area contributed by atoms with Gasteiger partial charge in [0.05, 0.1) is 22.8 Å². The van der Waals surface area contributed by atoms with Crippen LogP contribution in [0.2, 0.25) is 0 Å². The number of nitro groups is 1. The van der Waals surface area contributed by atoms with Gasteiger partial charge in [0.25, 0.3) is 0 Å². The van der Waals surface area contributed by atoms with Crippen LogP contribution >= 0.6 is 11.3 Å². The Balaban J connectivity index is 1.58. The lowest BCUT2D eigenvalue weighted by molar-refractivity contribution is -0.380. The fourth-order valence-corrected chi connectivity index (χ4v) is 4.46. The molecule has 0 spiro atoms. The zero-order valence-corrected chi connectivity index (χ0v) is 17.9. The van der Waals surface area contributed by atoms with Gasteiger partial charge in [0.15, 0.2) is 0 Å². The van der Waals surface area contributed by atoms with Crippen LogP contribution in [0.1, 0.15) is 25.3 Å². The van der Waals surface area contributed by atoms with E-state index in [9.17, 15) is 14.9 Å². The van der Waals surface area contributed by atoms with Gasteiger partial charge in [-0.25, -0.2) is 4.98 Å². The standard InChI is InChI=1S/C21H23N5O4S/c1-2-30-20(27)15-8-10-25(11-9-15)21-23-18(22-13-14-6-4-3-5-7-14)16-12-17(26(28)29)31-19(16)24-21/h3-7,12,15H,2,8-11,13H2,1H3,(H,22,23,24). The first-order valence-corrected chi connectivity index (χ1v) is 11.0. The summed E-state index contributed by atoms with van der Waals surface area (Å²) in [5.41, 5.74) is 1.08. The third-order valence-electron chi connectivity index (χ3n) is 5.25. The summed E-state index contributed by atoms with van der Waals surface area (Å²) in [5, 5.41) is 15.3. The van der Waals surface area contributed by atoms with Crippen molar-refractivity contribution in [3.05, 3.63) is 52.1 Å².